The number of aryl methyl sites for hydroxylation is 1. The minimum absolute atomic E-state index is 0. The normalized spacial score (nSPS) is 16.9. The number of anilines is 1. The molecule has 0 saturated carbocycles. The Bertz CT molecular complexity index is 658. The maximum atomic E-state index is 12.2. The van der Waals surface area contributed by atoms with Gasteiger partial charge < -0.3 is 20.4 Å². The highest BCUT2D eigenvalue weighted by molar-refractivity contribution is 5.94. The van der Waals surface area contributed by atoms with Gasteiger partial charge in [-0.3, -0.25) is 9.48 Å². The lowest BCUT2D eigenvalue weighted by Crippen LogP contribution is -2.47. The zero-order valence-corrected chi connectivity index (χ0v) is 15.1. The first-order valence-electron chi connectivity index (χ1n) is 7.47. The van der Waals surface area contributed by atoms with Crippen LogP contribution < -0.4 is 16.0 Å². The summed E-state index contributed by atoms with van der Waals surface area (Å²) < 4.78 is 7.00. The number of nitrogens with zero attached hydrogens (tertiary/aromatic N) is 3. The molecule has 0 radical (unpaired) electrons. The summed E-state index contributed by atoms with van der Waals surface area (Å²) in [6, 6.07) is 1.81. The molecule has 2 aromatic heterocycles. The van der Waals surface area contributed by atoms with Crippen molar-refractivity contribution in [2.45, 2.75) is 25.4 Å². The number of rotatable bonds is 4. The lowest BCUT2D eigenvalue weighted by atomic mass is 10.0. The SMILES string of the molecule is Cl.Cl.Cn1cc(N2CCCC(NC(=O)c3coc(CN)c3)C2)cn1. The lowest BCUT2D eigenvalue weighted by molar-refractivity contribution is 0.0932. The van der Waals surface area contributed by atoms with Crippen molar-refractivity contribution in [1.82, 2.24) is 15.1 Å². The number of aromatic nitrogens is 2. The zero-order chi connectivity index (χ0) is 15.5. The van der Waals surface area contributed by atoms with Crippen molar-refractivity contribution in [1.29, 1.82) is 0 Å². The van der Waals surface area contributed by atoms with Crippen LogP contribution in [0.25, 0.3) is 0 Å². The summed E-state index contributed by atoms with van der Waals surface area (Å²) >= 11 is 0. The standard InChI is InChI=1S/C15H21N5O2.2ClH/c1-19-9-13(7-17-19)20-4-2-3-12(8-20)18-15(21)11-5-14(6-16)22-10-11;;/h5,7,9-10,12H,2-4,6,8,16H2,1H3,(H,18,21);2*1H. The summed E-state index contributed by atoms with van der Waals surface area (Å²) in [6.45, 7) is 2.08. The number of nitrogens with two attached hydrogens (primary N) is 1. The molecule has 0 aliphatic carbocycles. The molecule has 0 aromatic carbocycles. The molecule has 3 N–H and O–H groups in total. The minimum Gasteiger partial charge on any atom is -0.467 e. The molecule has 24 heavy (non-hydrogen) atoms. The van der Waals surface area contributed by atoms with Gasteiger partial charge in [-0.1, -0.05) is 0 Å². The second kappa shape index (κ2) is 8.96. The van der Waals surface area contributed by atoms with E-state index in [2.05, 4.69) is 15.3 Å². The smallest absolute Gasteiger partial charge is 0.254 e. The van der Waals surface area contributed by atoms with E-state index in [0.717, 1.165) is 31.6 Å². The molecule has 1 unspecified atom stereocenters. The first-order chi connectivity index (χ1) is 10.7. The van der Waals surface area contributed by atoms with E-state index in [-0.39, 0.29) is 36.8 Å². The summed E-state index contributed by atoms with van der Waals surface area (Å²) in [6.07, 6.45) is 7.32. The Morgan fingerprint density at radius 1 is 1.50 bits per heavy atom. The molecule has 2 aromatic rings. The van der Waals surface area contributed by atoms with E-state index < -0.39 is 0 Å². The Morgan fingerprint density at radius 2 is 2.29 bits per heavy atom. The Hall–Kier alpha value is -1.70. The number of carbonyl (C=O) groups excluding carboxylic acids is 1. The van der Waals surface area contributed by atoms with E-state index in [9.17, 15) is 4.79 Å². The van der Waals surface area contributed by atoms with Crippen molar-refractivity contribution in [3.8, 4) is 0 Å². The van der Waals surface area contributed by atoms with E-state index >= 15 is 0 Å². The van der Waals surface area contributed by atoms with E-state index in [1.165, 1.54) is 6.26 Å². The Morgan fingerprint density at radius 3 is 2.92 bits per heavy atom. The van der Waals surface area contributed by atoms with Crippen LogP contribution in [0.2, 0.25) is 0 Å². The van der Waals surface area contributed by atoms with Crippen LogP contribution in [0.15, 0.2) is 29.1 Å². The van der Waals surface area contributed by atoms with Gasteiger partial charge in [0.25, 0.3) is 5.91 Å². The van der Waals surface area contributed by atoms with Crippen LogP contribution in [0.5, 0.6) is 0 Å². The fraction of sp³-hybridized carbons (Fsp3) is 0.467. The molecule has 1 saturated heterocycles. The Balaban J connectivity index is 0.00000144. The molecule has 9 heteroatoms. The van der Waals surface area contributed by atoms with Crippen LogP contribution in [-0.2, 0) is 13.6 Å². The summed E-state index contributed by atoms with van der Waals surface area (Å²) in [4.78, 5) is 14.5. The maximum absolute atomic E-state index is 12.2. The second-order valence-corrected chi connectivity index (χ2v) is 5.64. The van der Waals surface area contributed by atoms with Crippen LogP contribution in [0, 0.1) is 0 Å². The van der Waals surface area contributed by atoms with Gasteiger partial charge in [0.15, 0.2) is 0 Å². The quantitative estimate of drug-likeness (QED) is 0.848. The number of carbonyl (C=O) groups is 1. The molecule has 0 bridgehead atoms. The van der Waals surface area contributed by atoms with Gasteiger partial charge in [-0.2, -0.15) is 5.10 Å². The molecular formula is C15H23Cl2N5O2. The number of piperidine rings is 1. The highest BCUT2D eigenvalue weighted by Crippen LogP contribution is 2.19. The third kappa shape index (κ3) is 4.66. The summed E-state index contributed by atoms with van der Waals surface area (Å²) in [5, 5.41) is 7.27. The number of hydrogen-bond acceptors (Lipinski definition) is 5. The maximum Gasteiger partial charge on any atom is 0.254 e. The van der Waals surface area contributed by atoms with Gasteiger partial charge in [0, 0.05) is 32.4 Å². The van der Waals surface area contributed by atoms with Gasteiger partial charge >= 0.3 is 0 Å². The van der Waals surface area contributed by atoms with Crippen LogP contribution in [-0.4, -0.2) is 34.8 Å². The van der Waals surface area contributed by atoms with Gasteiger partial charge in [0.2, 0.25) is 0 Å². The van der Waals surface area contributed by atoms with Crippen LogP contribution in [0.4, 0.5) is 5.69 Å². The predicted octanol–water partition coefficient (Wildman–Crippen LogP) is 1.71. The fourth-order valence-corrected chi connectivity index (χ4v) is 2.78. The van der Waals surface area contributed by atoms with Crippen molar-refractivity contribution in [2.24, 2.45) is 12.8 Å². The molecule has 1 amide bonds. The molecule has 1 fully saturated rings. The topological polar surface area (TPSA) is 89.3 Å². The third-order valence-corrected chi connectivity index (χ3v) is 3.93. The number of nitrogens with one attached hydrogen (secondary N) is 1. The summed E-state index contributed by atoms with van der Waals surface area (Å²) in [5.74, 6) is 0.507. The summed E-state index contributed by atoms with van der Waals surface area (Å²) in [5.41, 5.74) is 7.11. The second-order valence-electron chi connectivity index (χ2n) is 5.64. The van der Waals surface area contributed by atoms with Crippen LogP contribution in [0.3, 0.4) is 0 Å². The van der Waals surface area contributed by atoms with Gasteiger partial charge in [0.05, 0.1) is 24.0 Å². The van der Waals surface area contributed by atoms with E-state index in [1.54, 1.807) is 10.7 Å². The number of furan rings is 1. The van der Waals surface area contributed by atoms with Crippen LogP contribution in [0.1, 0.15) is 29.0 Å². The minimum atomic E-state index is -0.110. The van der Waals surface area contributed by atoms with Crippen molar-refractivity contribution in [3.63, 3.8) is 0 Å². The number of hydrogen-bond donors (Lipinski definition) is 2. The molecule has 3 rings (SSSR count). The number of amides is 1. The lowest BCUT2D eigenvalue weighted by Gasteiger charge is -2.33. The van der Waals surface area contributed by atoms with Crippen molar-refractivity contribution in [3.05, 3.63) is 36.0 Å². The van der Waals surface area contributed by atoms with E-state index in [1.807, 2.05) is 19.4 Å². The van der Waals surface area contributed by atoms with Gasteiger partial charge in [0.1, 0.15) is 12.0 Å². The average Bonchev–Trinajstić information content (AvgIpc) is 3.16. The molecule has 7 nitrogen and oxygen atoms in total. The Kier molecular flexibility index (Phi) is 7.59. The van der Waals surface area contributed by atoms with E-state index in [4.69, 9.17) is 10.2 Å². The van der Waals surface area contributed by atoms with E-state index in [0.29, 0.717) is 17.9 Å². The highest BCUT2D eigenvalue weighted by Gasteiger charge is 2.23. The van der Waals surface area contributed by atoms with Gasteiger partial charge in [-0.05, 0) is 18.9 Å². The number of halogens is 2. The van der Waals surface area contributed by atoms with Crippen molar-refractivity contribution < 1.29 is 9.21 Å². The monoisotopic (exact) mass is 375 g/mol. The zero-order valence-electron chi connectivity index (χ0n) is 13.5. The van der Waals surface area contributed by atoms with Gasteiger partial charge in [-0.15, -0.1) is 24.8 Å². The molecule has 0 spiro atoms. The first-order valence-corrected chi connectivity index (χ1v) is 7.47. The summed E-state index contributed by atoms with van der Waals surface area (Å²) in [7, 11) is 1.90. The Labute approximate surface area is 153 Å². The highest BCUT2D eigenvalue weighted by atomic mass is 35.5. The molecule has 134 valence electrons. The van der Waals surface area contributed by atoms with Gasteiger partial charge in [-0.25, -0.2) is 0 Å². The molecule has 3 heterocycles. The van der Waals surface area contributed by atoms with Crippen molar-refractivity contribution in [2.75, 3.05) is 18.0 Å². The molecular weight excluding hydrogens is 353 g/mol. The first kappa shape index (κ1) is 20.3. The fourth-order valence-electron chi connectivity index (χ4n) is 2.78. The van der Waals surface area contributed by atoms with Crippen LogP contribution >= 0.6 is 24.8 Å². The average molecular weight is 376 g/mol. The molecule has 1 aliphatic rings. The molecule has 1 atom stereocenters. The molecule has 1 aliphatic heterocycles. The largest absolute Gasteiger partial charge is 0.467 e. The predicted molar refractivity (Wildman–Crippen MR) is 97.0 cm³/mol. The van der Waals surface area contributed by atoms with Crippen molar-refractivity contribution >= 4 is 36.4 Å². The third-order valence-electron chi connectivity index (χ3n) is 3.93.